The third kappa shape index (κ3) is 3.42. The van der Waals surface area contributed by atoms with E-state index in [2.05, 4.69) is 4.74 Å². The van der Waals surface area contributed by atoms with Gasteiger partial charge in [0.25, 0.3) is 0 Å². The number of aromatic hydroxyl groups is 1. The highest BCUT2D eigenvalue weighted by molar-refractivity contribution is 6.00. The summed E-state index contributed by atoms with van der Waals surface area (Å²) in [6, 6.07) is 8.03. The van der Waals surface area contributed by atoms with E-state index in [1.807, 2.05) is 0 Å². The van der Waals surface area contributed by atoms with Crippen LogP contribution in [0.1, 0.15) is 20.7 Å². The second kappa shape index (κ2) is 6.13. The Labute approximate surface area is 118 Å². The quantitative estimate of drug-likeness (QED) is 0.695. The van der Waals surface area contributed by atoms with E-state index in [0.717, 1.165) is 18.2 Å². The van der Waals surface area contributed by atoms with Crippen LogP contribution in [0.4, 0.5) is 8.78 Å². The first-order valence-corrected chi connectivity index (χ1v) is 5.92. The number of para-hydroxylation sites is 1. The molecule has 4 nitrogen and oxygen atoms in total. The Kier molecular flexibility index (Phi) is 4.27. The summed E-state index contributed by atoms with van der Waals surface area (Å²) >= 11 is 0. The lowest BCUT2D eigenvalue weighted by Crippen LogP contribution is -2.15. The maximum absolute atomic E-state index is 13.4. The molecule has 0 radical (unpaired) electrons. The summed E-state index contributed by atoms with van der Waals surface area (Å²) in [6.07, 6.45) is 0. The Morgan fingerprint density at radius 2 is 1.76 bits per heavy atom. The lowest BCUT2D eigenvalue weighted by molar-refractivity contribution is 0.0470. The second-order valence-electron chi connectivity index (χ2n) is 4.14. The number of ether oxygens (including phenoxy) is 1. The summed E-state index contributed by atoms with van der Waals surface area (Å²) in [5.41, 5.74) is -0.620. The van der Waals surface area contributed by atoms with E-state index >= 15 is 0 Å². The van der Waals surface area contributed by atoms with Gasteiger partial charge in [-0.1, -0.05) is 12.1 Å². The minimum atomic E-state index is -0.932. The molecule has 0 aliphatic rings. The highest BCUT2D eigenvalue weighted by Gasteiger charge is 2.17. The van der Waals surface area contributed by atoms with Crippen molar-refractivity contribution in [2.75, 3.05) is 6.61 Å². The first kappa shape index (κ1) is 14.6. The summed E-state index contributed by atoms with van der Waals surface area (Å²) in [6.45, 7) is -0.756. The van der Waals surface area contributed by atoms with E-state index in [1.165, 1.54) is 24.3 Å². The number of carbonyl (C=O) groups excluding carboxylic acids is 2. The highest BCUT2D eigenvalue weighted by atomic mass is 19.1. The second-order valence-corrected chi connectivity index (χ2v) is 4.14. The van der Waals surface area contributed by atoms with E-state index in [1.54, 1.807) is 0 Å². The number of hydrogen-bond donors (Lipinski definition) is 1. The number of ketones is 1. The molecular formula is C15H10F2O4. The Hall–Kier alpha value is -2.76. The van der Waals surface area contributed by atoms with Crippen molar-refractivity contribution in [3.63, 3.8) is 0 Å². The van der Waals surface area contributed by atoms with Crippen LogP contribution < -0.4 is 0 Å². The number of esters is 1. The Morgan fingerprint density at radius 1 is 1.05 bits per heavy atom. The summed E-state index contributed by atoms with van der Waals surface area (Å²) < 4.78 is 31.0. The topological polar surface area (TPSA) is 63.6 Å². The van der Waals surface area contributed by atoms with Gasteiger partial charge < -0.3 is 9.84 Å². The van der Waals surface area contributed by atoms with E-state index in [9.17, 15) is 23.5 Å². The third-order valence-electron chi connectivity index (χ3n) is 2.69. The van der Waals surface area contributed by atoms with Crippen LogP contribution in [-0.4, -0.2) is 23.5 Å². The molecule has 0 spiro atoms. The zero-order valence-electron chi connectivity index (χ0n) is 10.7. The smallest absolute Gasteiger partial charge is 0.342 e. The molecule has 0 unspecified atom stereocenters. The minimum Gasteiger partial charge on any atom is -0.507 e. The predicted molar refractivity (Wildman–Crippen MR) is 69.1 cm³/mol. The molecule has 0 aliphatic carbocycles. The number of phenols is 1. The SMILES string of the molecule is O=C(OCC(=O)c1cc(F)ccc1F)c1ccccc1O. The van der Waals surface area contributed by atoms with Crippen molar-refractivity contribution < 1.29 is 28.2 Å². The van der Waals surface area contributed by atoms with E-state index in [4.69, 9.17) is 0 Å². The van der Waals surface area contributed by atoms with Crippen molar-refractivity contribution >= 4 is 11.8 Å². The zero-order valence-corrected chi connectivity index (χ0v) is 10.7. The monoisotopic (exact) mass is 292 g/mol. The predicted octanol–water partition coefficient (Wildman–Crippen LogP) is 2.71. The largest absolute Gasteiger partial charge is 0.507 e. The average Bonchev–Trinajstić information content (AvgIpc) is 2.47. The maximum Gasteiger partial charge on any atom is 0.342 e. The number of Topliss-reactive ketones (excluding diaryl/α,β-unsaturated/α-hetero) is 1. The van der Waals surface area contributed by atoms with Gasteiger partial charge in [-0.3, -0.25) is 4.79 Å². The molecule has 2 aromatic carbocycles. The molecule has 0 saturated carbocycles. The van der Waals surface area contributed by atoms with Crippen molar-refractivity contribution in [1.29, 1.82) is 0 Å². The van der Waals surface area contributed by atoms with Gasteiger partial charge in [0.15, 0.2) is 6.61 Å². The lowest BCUT2D eigenvalue weighted by Gasteiger charge is -2.06. The summed E-state index contributed by atoms with van der Waals surface area (Å²) in [7, 11) is 0. The number of rotatable bonds is 4. The van der Waals surface area contributed by atoms with Gasteiger partial charge in [0.2, 0.25) is 5.78 Å². The fourth-order valence-corrected chi connectivity index (χ4v) is 1.64. The zero-order chi connectivity index (χ0) is 15.4. The van der Waals surface area contributed by atoms with Crippen LogP contribution in [0.3, 0.4) is 0 Å². The van der Waals surface area contributed by atoms with Crippen LogP contribution in [-0.2, 0) is 4.74 Å². The molecule has 2 rings (SSSR count). The molecule has 0 fully saturated rings. The minimum absolute atomic E-state index is 0.120. The molecule has 0 heterocycles. The fourth-order valence-electron chi connectivity index (χ4n) is 1.64. The first-order chi connectivity index (χ1) is 9.99. The van der Waals surface area contributed by atoms with Gasteiger partial charge in [-0.05, 0) is 30.3 Å². The molecule has 0 aliphatic heterocycles. The van der Waals surface area contributed by atoms with Gasteiger partial charge in [0, 0.05) is 0 Å². The van der Waals surface area contributed by atoms with Crippen molar-refractivity contribution in [2.45, 2.75) is 0 Å². The Morgan fingerprint density at radius 3 is 2.48 bits per heavy atom. The molecule has 6 heteroatoms. The molecule has 0 bridgehead atoms. The number of hydrogen-bond acceptors (Lipinski definition) is 4. The van der Waals surface area contributed by atoms with E-state index in [-0.39, 0.29) is 11.3 Å². The normalized spacial score (nSPS) is 10.2. The van der Waals surface area contributed by atoms with Crippen LogP contribution in [0.25, 0.3) is 0 Å². The summed E-state index contributed by atoms with van der Waals surface area (Å²) in [5, 5.41) is 9.45. The van der Waals surface area contributed by atoms with Crippen molar-refractivity contribution in [3.05, 3.63) is 65.2 Å². The van der Waals surface area contributed by atoms with E-state index < -0.39 is 35.6 Å². The van der Waals surface area contributed by atoms with Gasteiger partial charge in [-0.2, -0.15) is 0 Å². The van der Waals surface area contributed by atoms with Crippen LogP contribution in [0.2, 0.25) is 0 Å². The van der Waals surface area contributed by atoms with Crippen LogP contribution in [0.15, 0.2) is 42.5 Å². The number of halogens is 2. The number of phenolic OH excluding ortho intramolecular Hbond substituents is 1. The third-order valence-corrected chi connectivity index (χ3v) is 2.69. The molecule has 0 aromatic heterocycles. The lowest BCUT2D eigenvalue weighted by atomic mass is 10.1. The van der Waals surface area contributed by atoms with Crippen LogP contribution >= 0.6 is 0 Å². The van der Waals surface area contributed by atoms with Crippen molar-refractivity contribution in [2.24, 2.45) is 0 Å². The molecule has 0 atom stereocenters. The molecule has 108 valence electrons. The fraction of sp³-hybridized carbons (Fsp3) is 0.0667. The molecule has 1 N–H and O–H groups in total. The maximum atomic E-state index is 13.4. The van der Waals surface area contributed by atoms with Crippen molar-refractivity contribution in [3.8, 4) is 5.75 Å². The molecule has 2 aromatic rings. The number of benzene rings is 2. The number of carbonyl (C=O) groups is 2. The average molecular weight is 292 g/mol. The summed E-state index contributed by atoms with van der Waals surface area (Å²) in [5.74, 6) is -3.78. The summed E-state index contributed by atoms with van der Waals surface area (Å²) in [4.78, 5) is 23.3. The van der Waals surface area contributed by atoms with Gasteiger partial charge in [0.05, 0.1) is 5.56 Å². The highest BCUT2D eigenvalue weighted by Crippen LogP contribution is 2.17. The molecule has 21 heavy (non-hydrogen) atoms. The Balaban J connectivity index is 2.06. The van der Waals surface area contributed by atoms with E-state index in [0.29, 0.717) is 0 Å². The van der Waals surface area contributed by atoms with Gasteiger partial charge in [-0.15, -0.1) is 0 Å². The first-order valence-electron chi connectivity index (χ1n) is 5.92. The Bertz CT molecular complexity index is 698. The van der Waals surface area contributed by atoms with Crippen LogP contribution in [0, 0.1) is 11.6 Å². The van der Waals surface area contributed by atoms with Crippen LogP contribution in [0.5, 0.6) is 5.75 Å². The molecular weight excluding hydrogens is 282 g/mol. The van der Waals surface area contributed by atoms with Gasteiger partial charge >= 0.3 is 5.97 Å². The molecule has 0 amide bonds. The standard InChI is InChI=1S/C15H10F2O4/c16-9-5-6-12(17)11(7-9)14(19)8-21-15(20)10-3-1-2-4-13(10)18/h1-7,18H,8H2. The van der Waals surface area contributed by atoms with Crippen molar-refractivity contribution in [1.82, 2.24) is 0 Å². The van der Waals surface area contributed by atoms with Gasteiger partial charge in [0.1, 0.15) is 22.9 Å². The molecule has 0 saturated heterocycles. The van der Waals surface area contributed by atoms with Gasteiger partial charge in [-0.25, -0.2) is 13.6 Å².